The van der Waals surface area contributed by atoms with Crippen molar-refractivity contribution in [1.82, 2.24) is 14.5 Å². The van der Waals surface area contributed by atoms with Gasteiger partial charge in [-0.1, -0.05) is 0 Å². The number of aromatic nitrogens is 3. The lowest BCUT2D eigenvalue weighted by Gasteiger charge is -2.13. The first-order chi connectivity index (χ1) is 14.5. The summed E-state index contributed by atoms with van der Waals surface area (Å²) in [5.74, 6) is 0.476. The van der Waals surface area contributed by atoms with Gasteiger partial charge in [-0.25, -0.2) is 9.37 Å². The summed E-state index contributed by atoms with van der Waals surface area (Å²) in [5, 5.41) is 0. The number of imidazole rings is 1. The van der Waals surface area contributed by atoms with E-state index in [0.29, 0.717) is 13.2 Å². The van der Waals surface area contributed by atoms with Crippen LogP contribution < -0.4 is 4.74 Å². The molecule has 4 rings (SSSR count). The molecule has 1 aliphatic rings. The molecule has 1 atom stereocenters. The standard InChI is InChI=1S/C23H26FN3O3/c1-14-9-18(10-15(2)25-14)22-20-7-8-29-16(3)12-27(20)23(26-22)17-5-6-19(24)21(11-17)30-13-28-4/h5-6,9-11,16H,7-8,12-13H2,1-4H3. The van der Waals surface area contributed by atoms with Crippen molar-refractivity contribution < 1.29 is 18.6 Å². The molecule has 1 aliphatic heterocycles. The Morgan fingerprint density at radius 1 is 1.13 bits per heavy atom. The lowest BCUT2D eigenvalue weighted by atomic mass is 10.1. The van der Waals surface area contributed by atoms with Crippen LogP contribution in [0.1, 0.15) is 24.0 Å². The van der Waals surface area contributed by atoms with Gasteiger partial charge in [0.1, 0.15) is 5.82 Å². The van der Waals surface area contributed by atoms with Crippen molar-refractivity contribution in [3.63, 3.8) is 0 Å². The first-order valence-electron chi connectivity index (χ1n) is 10.0. The molecular formula is C23H26FN3O3. The van der Waals surface area contributed by atoms with Crippen LogP contribution in [-0.2, 0) is 22.4 Å². The van der Waals surface area contributed by atoms with Crippen LogP contribution in [0.3, 0.4) is 0 Å². The molecule has 1 unspecified atom stereocenters. The van der Waals surface area contributed by atoms with Crippen molar-refractivity contribution in [2.24, 2.45) is 0 Å². The summed E-state index contributed by atoms with van der Waals surface area (Å²) in [6, 6.07) is 8.90. The average Bonchev–Trinajstić information content (AvgIpc) is 2.93. The van der Waals surface area contributed by atoms with Crippen molar-refractivity contribution in [3.05, 3.63) is 53.2 Å². The van der Waals surface area contributed by atoms with Crippen molar-refractivity contribution in [3.8, 4) is 28.4 Å². The number of ether oxygens (including phenoxy) is 3. The first-order valence-corrected chi connectivity index (χ1v) is 10.0. The number of hydrogen-bond acceptors (Lipinski definition) is 5. The maximum Gasteiger partial charge on any atom is 0.188 e. The molecule has 0 fully saturated rings. The van der Waals surface area contributed by atoms with E-state index in [0.717, 1.165) is 46.1 Å². The molecule has 3 aromatic rings. The Kier molecular flexibility index (Phi) is 5.83. The highest BCUT2D eigenvalue weighted by molar-refractivity contribution is 5.69. The van der Waals surface area contributed by atoms with Gasteiger partial charge in [-0.3, -0.25) is 4.98 Å². The number of methoxy groups -OCH3 is 1. The number of pyridine rings is 1. The van der Waals surface area contributed by atoms with E-state index in [4.69, 9.17) is 19.2 Å². The van der Waals surface area contributed by atoms with Crippen molar-refractivity contribution in [2.45, 2.75) is 39.8 Å². The SMILES string of the molecule is COCOc1cc(-c2nc(-c3cc(C)nc(C)c3)c3n2CC(C)OCC3)ccc1F. The minimum atomic E-state index is -0.434. The maximum absolute atomic E-state index is 14.2. The third-order valence-electron chi connectivity index (χ3n) is 5.13. The Labute approximate surface area is 175 Å². The number of aryl methyl sites for hydroxylation is 2. The Bertz CT molecular complexity index is 1040. The fraction of sp³-hybridized carbons (Fsp3) is 0.391. The van der Waals surface area contributed by atoms with Gasteiger partial charge in [-0.15, -0.1) is 0 Å². The highest BCUT2D eigenvalue weighted by atomic mass is 19.1. The molecule has 6 nitrogen and oxygen atoms in total. The van der Waals surface area contributed by atoms with Crippen LogP contribution in [0.2, 0.25) is 0 Å². The quantitative estimate of drug-likeness (QED) is 0.586. The molecule has 30 heavy (non-hydrogen) atoms. The van der Waals surface area contributed by atoms with Gasteiger partial charge in [0.25, 0.3) is 0 Å². The van der Waals surface area contributed by atoms with Crippen LogP contribution in [0.25, 0.3) is 22.6 Å². The molecule has 0 saturated carbocycles. The van der Waals surface area contributed by atoms with E-state index in [9.17, 15) is 4.39 Å². The first kappa shape index (κ1) is 20.5. The second-order valence-corrected chi connectivity index (χ2v) is 7.61. The molecule has 0 amide bonds. The number of nitrogens with zero attached hydrogens (tertiary/aromatic N) is 3. The molecule has 0 radical (unpaired) electrons. The number of halogens is 1. The van der Waals surface area contributed by atoms with Crippen LogP contribution in [0, 0.1) is 19.7 Å². The monoisotopic (exact) mass is 411 g/mol. The molecule has 1 aromatic carbocycles. The molecule has 0 N–H and O–H groups in total. The van der Waals surface area contributed by atoms with Crippen molar-refractivity contribution in [1.29, 1.82) is 0 Å². The highest BCUT2D eigenvalue weighted by Crippen LogP contribution is 2.34. The molecule has 3 heterocycles. The topological polar surface area (TPSA) is 58.4 Å². The van der Waals surface area contributed by atoms with Crippen LogP contribution in [0.15, 0.2) is 30.3 Å². The van der Waals surface area contributed by atoms with Gasteiger partial charge in [0.05, 0.1) is 24.9 Å². The molecule has 7 heteroatoms. The van der Waals surface area contributed by atoms with Gasteiger partial charge in [0.15, 0.2) is 18.4 Å². The predicted molar refractivity (Wildman–Crippen MR) is 112 cm³/mol. The smallest absolute Gasteiger partial charge is 0.188 e. The Balaban J connectivity index is 1.87. The molecule has 0 spiro atoms. The maximum atomic E-state index is 14.2. The molecule has 0 bridgehead atoms. The van der Waals surface area contributed by atoms with E-state index in [1.54, 1.807) is 12.1 Å². The number of hydrogen-bond donors (Lipinski definition) is 0. The Morgan fingerprint density at radius 2 is 1.90 bits per heavy atom. The number of benzene rings is 1. The second kappa shape index (κ2) is 8.53. The highest BCUT2D eigenvalue weighted by Gasteiger charge is 2.24. The summed E-state index contributed by atoms with van der Waals surface area (Å²) in [6.07, 6.45) is 0.805. The third-order valence-corrected chi connectivity index (χ3v) is 5.13. The lowest BCUT2D eigenvalue weighted by Crippen LogP contribution is -2.15. The largest absolute Gasteiger partial charge is 0.464 e. The predicted octanol–water partition coefficient (Wildman–Crippen LogP) is 4.31. The molecular weight excluding hydrogens is 385 g/mol. The Hall–Kier alpha value is -2.77. The van der Waals surface area contributed by atoms with Gasteiger partial charge >= 0.3 is 0 Å². The van der Waals surface area contributed by atoms with Crippen LogP contribution in [0.4, 0.5) is 4.39 Å². The zero-order valence-corrected chi connectivity index (χ0v) is 17.7. The lowest BCUT2D eigenvalue weighted by molar-refractivity contribution is 0.0483. The molecule has 158 valence electrons. The van der Waals surface area contributed by atoms with Crippen LogP contribution in [-0.4, -0.2) is 41.1 Å². The van der Waals surface area contributed by atoms with Crippen molar-refractivity contribution >= 4 is 0 Å². The van der Waals surface area contributed by atoms with Crippen LogP contribution >= 0.6 is 0 Å². The summed E-state index contributed by atoms with van der Waals surface area (Å²) < 4.78 is 32.6. The summed E-state index contributed by atoms with van der Waals surface area (Å²) >= 11 is 0. The van der Waals surface area contributed by atoms with E-state index < -0.39 is 5.82 Å². The minimum absolute atomic E-state index is 0.0221. The second-order valence-electron chi connectivity index (χ2n) is 7.61. The average molecular weight is 411 g/mol. The minimum Gasteiger partial charge on any atom is -0.464 e. The summed E-state index contributed by atoms with van der Waals surface area (Å²) in [5.41, 5.74) is 5.74. The number of rotatable bonds is 5. The summed E-state index contributed by atoms with van der Waals surface area (Å²) in [4.78, 5) is 9.50. The van der Waals surface area contributed by atoms with Gasteiger partial charge in [0.2, 0.25) is 0 Å². The summed E-state index contributed by atoms with van der Waals surface area (Å²) in [7, 11) is 1.50. The fourth-order valence-electron chi connectivity index (χ4n) is 3.90. The zero-order chi connectivity index (χ0) is 21.3. The molecule has 2 aromatic heterocycles. The third kappa shape index (κ3) is 4.08. The summed E-state index contributed by atoms with van der Waals surface area (Å²) in [6.45, 7) is 7.30. The zero-order valence-electron chi connectivity index (χ0n) is 17.7. The van der Waals surface area contributed by atoms with Gasteiger partial charge < -0.3 is 18.8 Å². The molecule has 0 aliphatic carbocycles. The van der Waals surface area contributed by atoms with E-state index in [1.165, 1.54) is 13.2 Å². The number of fused-ring (bicyclic) bond motifs is 1. The van der Waals surface area contributed by atoms with Gasteiger partial charge in [-0.2, -0.15) is 0 Å². The molecule has 0 saturated heterocycles. The van der Waals surface area contributed by atoms with E-state index in [-0.39, 0.29) is 18.6 Å². The van der Waals surface area contributed by atoms with E-state index in [2.05, 4.69) is 16.5 Å². The van der Waals surface area contributed by atoms with Gasteiger partial charge in [-0.05, 0) is 51.1 Å². The van der Waals surface area contributed by atoms with Crippen molar-refractivity contribution in [2.75, 3.05) is 20.5 Å². The van der Waals surface area contributed by atoms with E-state index >= 15 is 0 Å². The fourth-order valence-corrected chi connectivity index (χ4v) is 3.90. The Morgan fingerprint density at radius 3 is 2.63 bits per heavy atom. The van der Waals surface area contributed by atoms with Crippen LogP contribution in [0.5, 0.6) is 5.75 Å². The normalized spacial score (nSPS) is 16.2. The van der Waals surface area contributed by atoms with E-state index in [1.807, 2.05) is 26.0 Å². The van der Waals surface area contributed by atoms with Gasteiger partial charge in [0, 0.05) is 41.7 Å².